The smallest absolute Gasteiger partial charge is 0.0443 e. The summed E-state index contributed by atoms with van der Waals surface area (Å²) in [7, 11) is 2.18. The molecule has 3 heteroatoms. The number of piperidine rings is 1. The Labute approximate surface area is 81.1 Å². The molecule has 0 aromatic rings. The molecule has 1 saturated heterocycles. The highest BCUT2D eigenvalue weighted by molar-refractivity contribution is 4.81. The van der Waals surface area contributed by atoms with Crippen molar-refractivity contribution in [3.63, 3.8) is 0 Å². The number of rotatable bonds is 4. The molecule has 0 radical (unpaired) electrons. The Kier molecular flexibility index (Phi) is 4.70. The van der Waals surface area contributed by atoms with Gasteiger partial charge in [-0.05, 0) is 38.9 Å². The van der Waals surface area contributed by atoms with Gasteiger partial charge in [0.05, 0.1) is 0 Å². The lowest BCUT2D eigenvalue weighted by atomic mass is 9.94. The number of hydrogen-bond acceptors (Lipinski definition) is 3. The van der Waals surface area contributed by atoms with E-state index < -0.39 is 0 Å². The first-order valence-electron chi connectivity index (χ1n) is 5.27. The summed E-state index contributed by atoms with van der Waals surface area (Å²) in [4.78, 5) is 2.38. The predicted octanol–water partition coefficient (Wildman–Crippen LogP) is 0.299. The molecular weight excluding hydrogens is 164 g/mol. The van der Waals surface area contributed by atoms with Crippen LogP contribution in [0.5, 0.6) is 0 Å². The summed E-state index contributed by atoms with van der Waals surface area (Å²) in [5, 5.41) is 12.2. The van der Waals surface area contributed by atoms with Gasteiger partial charge in [-0.1, -0.05) is 6.92 Å². The van der Waals surface area contributed by atoms with Crippen LogP contribution >= 0.6 is 0 Å². The minimum absolute atomic E-state index is 0.300. The summed E-state index contributed by atoms with van der Waals surface area (Å²) < 4.78 is 0. The van der Waals surface area contributed by atoms with Gasteiger partial charge in [0.2, 0.25) is 0 Å². The molecule has 3 nitrogen and oxygen atoms in total. The van der Waals surface area contributed by atoms with E-state index >= 15 is 0 Å². The maximum absolute atomic E-state index is 8.66. The van der Waals surface area contributed by atoms with Gasteiger partial charge in [0.15, 0.2) is 0 Å². The average Bonchev–Trinajstić information content (AvgIpc) is 2.09. The minimum atomic E-state index is 0.300. The normalized spacial score (nSPS) is 30.7. The summed E-state index contributed by atoms with van der Waals surface area (Å²) in [5.74, 6) is 0.734. The molecule has 1 heterocycles. The van der Waals surface area contributed by atoms with Crippen LogP contribution in [0.2, 0.25) is 0 Å². The molecule has 13 heavy (non-hydrogen) atoms. The summed E-state index contributed by atoms with van der Waals surface area (Å²) in [5.41, 5.74) is 0. The van der Waals surface area contributed by atoms with Crippen LogP contribution in [0, 0.1) is 5.92 Å². The molecule has 1 aliphatic rings. The zero-order chi connectivity index (χ0) is 9.68. The van der Waals surface area contributed by atoms with E-state index in [0.29, 0.717) is 12.6 Å². The summed E-state index contributed by atoms with van der Waals surface area (Å²) in [6, 6.07) is 0.655. The third-order valence-electron chi connectivity index (χ3n) is 2.85. The molecule has 0 aromatic heterocycles. The number of hydrogen-bond donors (Lipinski definition) is 2. The molecule has 1 rings (SSSR count). The van der Waals surface area contributed by atoms with Crippen molar-refractivity contribution >= 4 is 0 Å². The number of aliphatic hydroxyl groups is 1. The number of aliphatic hydroxyl groups excluding tert-OH is 1. The Balaban J connectivity index is 2.18. The molecule has 0 aliphatic carbocycles. The van der Waals surface area contributed by atoms with Crippen LogP contribution in [0.15, 0.2) is 0 Å². The van der Waals surface area contributed by atoms with Crippen LogP contribution in [0.1, 0.15) is 19.8 Å². The Morgan fingerprint density at radius 1 is 1.54 bits per heavy atom. The van der Waals surface area contributed by atoms with Gasteiger partial charge in [-0.25, -0.2) is 0 Å². The number of nitrogens with one attached hydrogen (secondary N) is 1. The second-order valence-corrected chi connectivity index (χ2v) is 4.17. The van der Waals surface area contributed by atoms with Crippen molar-refractivity contribution < 1.29 is 5.11 Å². The zero-order valence-electron chi connectivity index (χ0n) is 8.79. The van der Waals surface area contributed by atoms with E-state index in [0.717, 1.165) is 18.9 Å². The zero-order valence-corrected chi connectivity index (χ0v) is 8.79. The van der Waals surface area contributed by atoms with E-state index in [1.807, 2.05) is 0 Å². The molecule has 2 unspecified atom stereocenters. The second-order valence-electron chi connectivity index (χ2n) is 4.17. The van der Waals surface area contributed by atoms with Crippen molar-refractivity contribution in [3.8, 4) is 0 Å². The van der Waals surface area contributed by atoms with Crippen LogP contribution in [-0.4, -0.2) is 49.3 Å². The Bertz CT molecular complexity index is 141. The van der Waals surface area contributed by atoms with Gasteiger partial charge >= 0.3 is 0 Å². The van der Waals surface area contributed by atoms with Crippen molar-refractivity contribution in [2.75, 3.05) is 33.3 Å². The van der Waals surface area contributed by atoms with Crippen LogP contribution in [0.25, 0.3) is 0 Å². The van der Waals surface area contributed by atoms with Crippen LogP contribution in [-0.2, 0) is 0 Å². The molecule has 1 aliphatic heterocycles. The van der Waals surface area contributed by atoms with E-state index in [1.54, 1.807) is 0 Å². The monoisotopic (exact) mass is 186 g/mol. The Hall–Kier alpha value is -0.120. The van der Waals surface area contributed by atoms with Crippen molar-refractivity contribution in [3.05, 3.63) is 0 Å². The van der Waals surface area contributed by atoms with E-state index in [4.69, 9.17) is 5.11 Å². The van der Waals surface area contributed by atoms with Gasteiger partial charge in [0, 0.05) is 19.2 Å². The van der Waals surface area contributed by atoms with E-state index in [2.05, 4.69) is 24.2 Å². The lowest BCUT2D eigenvalue weighted by Gasteiger charge is -2.35. The van der Waals surface area contributed by atoms with Crippen LogP contribution < -0.4 is 5.32 Å². The lowest BCUT2D eigenvalue weighted by Crippen LogP contribution is -2.47. The van der Waals surface area contributed by atoms with Gasteiger partial charge in [0.1, 0.15) is 0 Å². The molecule has 2 N–H and O–H groups in total. The summed E-state index contributed by atoms with van der Waals surface area (Å²) in [6.07, 6.45) is 2.11. The molecule has 0 saturated carbocycles. The SMILES string of the molecule is CC1CN(C)CCC1NCCCO. The fourth-order valence-corrected chi connectivity index (χ4v) is 2.02. The molecule has 0 bridgehead atoms. The van der Waals surface area contributed by atoms with E-state index in [1.165, 1.54) is 19.5 Å². The van der Waals surface area contributed by atoms with Crippen LogP contribution in [0.3, 0.4) is 0 Å². The predicted molar refractivity (Wildman–Crippen MR) is 54.8 cm³/mol. The van der Waals surface area contributed by atoms with Gasteiger partial charge in [-0.2, -0.15) is 0 Å². The molecule has 0 amide bonds. The third kappa shape index (κ3) is 3.63. The fourth-order valence-electron chi connectivity index (χ4n) is 2.02. The highest BCUT2D eigenvalue weighted by Crippen LogP contribution is 2.14. The first kappa shape index (κ1) is 11.0. The standard InChI is InChI=1S/C10H22N2O/c1-9-8-12(2)6-4-10(9)11-5-3-7-13/h9-11,13H,3-8H2,1-2H3. The Morgan fingerprint density at radius 2 is 2.31 bits per heavy atom. The molecular formula is C10H22N2O. The number of nitrogens with zero attached hydrogens (tertiary/aromatic N) is 1. The van der Waals surface area contributed by atoms with Crippen molar-refractivity contribution in [2.45, 2.75) is 25.8 Å². The Morgan fingerprint density at radius 3 is 2.92 bits per heavy atom. The van der Waals surface area contributed by atoms with Crippen molar-refractivity contribution in [2.24, 2.45) is 5.92 Å². The lowest BCUT2D eigenvalue weighted by molar-refractivity contribution is 0.172. The topological polar surface area (TPSA) is 35.5 Å². The summed E-state index contributed by atoms with van der Waals surface area (Å²) >= 11 is 0. The quantitative estimate of drug-likeness (QED) is 0.620. The highest BCUT2D eigenvalue weighted by atomic mass is 16.3. The summed E-state index contributed by atoms with van der Waals surface area (Å²) in [6.45, 7) is 5.94. The largest absolute Gasteiger partial charge is 0.396 e. The fraction of sp³-hybridized carbons (Fsp3) is 1.00. The molecule has 1 fully saturated rings. The first-order valence-corrected chi connectivity index (χ1v) is 5.27. The molecule has 0 spiro atoms. The first-order chi connectivity index (χ1) is 6.24. The minimum Gasteiger partial charge on any atom is -0.396 e. The highest BCUT2D eigenvalue weighted by Gasteiger charge is 2.22. The van der Waals surface area contributed by atoms with E-state index in [9.17, 15) is 0 Å². The van der Waals surface area contributed by atoms with Gasteiger partial charge < -0.3 is 15.3 Å². The third-order valence-corrected chi connectivity index (χ3v) is 2.85. The molecule has 2 atom stereocenters. The number of likely N-dealkylation sites (tertiary alicyclic amines) is 1. The van der Waals surface area contributed by atoms with Gasteiger partial charge in [0.25, 0.3) is 0 Å². The maximum Gasteiger partial charge on any atom is 0.0443 e. The maximum atomic E-state index is 8.66. The second kappa shape index (κ2) is 5.58. The molecule has 0 aromatic carbocycles. The van der Waals surface area contributed by atoms with Crippen LogP contribution in [0.4, 0.5) is 0 Å². The molecule has 78 valence electrons. The van der Waals surface area contributed by atoms with Gasteiger partial charge in [-0.3, -0.25) is 0 Å². The van der Waals surface area contributed by atoms with Gasteiger partial charge in [-0.15, -0.1) is 0 Å². The van der Waals surface area contributed by atoms with E-state index in [-0.39, 0.29) is 0 Å². The average molecular weight is 186 g/mol. The van der Waals surface area contributed by atoms with Crippen molar-refractivity contribution in [1.29, 1.82) is 0 Å². The van der Waals surface area contributed by atoms with Crippen molar-refractivity contribution in [1.82, 2.24) is 10.2 Å².